The van der Waals surface area contributed by atoms with Crippen molar-refractivity contribution in [1.29, 1.82) is 0 Å². The fourth-order valence-corrected chi connectivity index (χ4v) is 8.79. The highest BCUT2D eigenvalue weighted by molar-refractivity contribution is 5.92. The van der Waals surface area contributed by atoms with Crippen LogP contribution in [0.5, 0.6) is 11.5 Å². The number of halogens is 6. The van der Waals surface area contributed by atoms with Gasteiger partial charge in [-0.25, -0.2) is 19.2 Å². The van der Waals surface area contributed by atoms with Crippen molar-refractivity contribution in [2.75, 3.05) is 62.6 Å². The molecule has 18 nitrogen and oxygen atoms in total. The standard InChI is InChI=1S/C31H37F3N2O7.C30H35F3N2O7/c32-31(33,34)14-3-17-40-26-11-7-22(8-12-26)30(39)43-27-9-4-21(5-10-27)6-13-28(37)41-15-1-2-16-42-29(38)23-18-24(35)20-25(36)19-23;31-30(32,33)13-1-14-39-25-10-6-21(7-11-25)29(38)42-26-8-3-20(4-9-26)5-12-27(36)40-15-2-16-41-28(37)22-17-23(34)19-24(35)18-22/h4-6,9-10,13,18-20,22,26H,1-3,7-8,11-12,14-17,35-36H2;3-5,8-9,12,17-19,21,25H,1-2,6-7,10-11,13-16,34-35H2. The van der Waals surface area contributed by atoms with E-state index in [2.05, 4.69) is 0 Å². The van der Waals surface area contributed by atoms with E-state index in [-0.39, 0.29) is 99.6 Å². The lowest BCUT2D eigenvalue weighted by Crippen LogP contribution is -2.29. The van der Waals surface area contributed by atoms with Crippen LogP contribution in [-0.4, -0.2) is 100 Å². The van der Waals surface area contributed by atoms with Gasteiger partial charge < -0.3 is 60.8 Å². The Labute approximate surface area is 488 Å². The molecule has 0 unspecified atom stereocenters. The molecule has 0 bridgehead atoms. The van der Waals surface area contributed by atoms with E-state index in [1.54, 1.807) is 66.7 Å². The van der Waals surface area contributed by atoms with Gasteiger partial charge in [0, 0.05) is 67.4 Å². The normalized spacial score (nSPS) is 17.1. The highest BCUT2D eigenvalue weighted by Crippen LogP contribution is 2.31. The van der Waals surface area contributed by atoms with E-state index in [1.165, 1.54) is 42.5 Å². The molecule has 2 aliphatic carbocycles. The van der Waals surface area contributed by atoms with E-state index in [4.69, 9.17) is 60.8 Å². The van der Waals surface area contributed by atoms with Crippen molar-refractivity contribution in [1.82, 2.24) is 0 Å². The van der Waals surface area contributed by atoms with Crippen LogP contribution in [0.15, 0.2) is 97.1 Å². The number of benzene rings is 4. The molecule has 0 saturated heterocycles. The number of anilines is 4. The summed E-state index contributed by atoms with van der Waals surface area (Å²) in [6.45, 7) is 0.521. The molecule has 0 aliphatic heterocycles. The molecule has 2 fully saturated rings. The van der Waals surface area contributed by atoms with Gasteiger partial charge in [0.05, 0.1) is 61.6 Å². The fraction of sp³-hybridized carbons (Fsp3) is 0.443. The number of esters is 6. The second-order valence-corrected chi connectivity index (χ2v) is 20.2. The Balaban J connectivity index is 0.000000311. The Morgan fingerprint density at radius 3 is 1.11 bits per heavy atom. The number of alkyl halides is 6. The molecule has 24 heteroatoms. The number of rotatable bonds is 27. The molecule has 2 aliphatic rings. The Bertz CT molecular complexity index is 2810. The van der Waals surface area contributed by atoms with Gasteiger partial charge in [0.25, 0.3) is 0 Å². The summed E-state index contributed by atoms with van der Waals surface area (Å²) in [5.41, 5.74) is 26.0. The van der Waals surface area contributed by atoms with Gasteiger partial charge in [-0.05, 0) is 161 Å². The lowest BCUT2D eigenvalue weighted by Gasteiger charge is -2.27. The molecule has 0 amide bonds. The third-order valence-corrected chi connectivity index (χ3v) is 13.2. The molecule has 0 spiro atoms. The zero-order valence-corrected chi connectivity index (χ0v) is 46.8. The summed E-state index contributed by atoms with van der Waals surface area (Å²) in [6.07, 6.45) is 1.05. The van der Waals surface area contributed by atoms with Crippen LogP contribution >= 0.6 is 0 Å². The van der Waals surface area contributed by atoms with Gasteiger partial charge in [0.15, 0.2) is 0 Å². The minimum Gasteiger partial charge on any atom is -0.463 e. The van der Waals surface area contributed by atoms with Crippen LogP contribution in [0.2, 0.25) is 0 Å². The lowest BCUT2D eigenvalue weighted by atomic mass is 9.87. The smallest absolute Gasteiger partial charge is 0.389 e. The Hall–Kier alpha value is -8.12. The summed E-state index contributed by atoms with van der Waals surface area (Å²) in [5, 5.41) is 0. The molecular weight excluding hydrogens is 1130 g/mol. The van der Waals surface area contributed by atoms with Gasteiger partial charge in [-0.3, -0.25) is 9.59 Å². The number of hydrogen-bond donors (Lipinski definition) is 4. The first-order valence-electron chi connectivity index (χ1n) is 27.8. The number of nitrogen functional groups attached to an aromatic ring is 4. The number of nitrogens with two attached hydrogens (primary N) is 4. The molecule has 8 N–H and O–H groups in total. The van der Waals surface area contributed by atoms with Crippen molar-refractivity contribution in [3.8, 4) is 11.5 Å². The van der Waals surface area contributed by atoms with Crippen molar-refractivity contribution in [2.24, 2.45) is 11.8 Å². The topological polar surface area (TPSA) is 280 Å². The number of hydrogen-bond acceptors (Lipinski definition) is 18. The van der Waals surface area contributed by atoms with Gasteiger partial charge in [0.2, 0.25) is 0 Å². The van der Waals surface area contributed by atoms with E-state index >= 15 is 0 Å². The van der Waals surface area contributed by atoms with Gasteiger partial charge in [0.1, 0.15) is 11.5 Å². The number of carbonyl (C=O) groups is 6. The second-order valence-electron chi connectivity index (χ2n) is 20.2. The Morgan fingerprint density at radius 1 is 0.424 bits per heavy atom. The predicted octanol–water partition coefficient (Wildman–Crippen LogP) is 11.3. The predicted molar refractivity (Wildman–Crippen MR) is 303 cm³/mol. The Kier molecular flexibility index (Phi) is 27.5. The van der Waals surface area contributed by atoms with Crippen LogP contribution in [0.4, 0.5) is 49.1 Å². The van der Waals surface area contributed by atoms with E-state index in [0.717, 1.165) is 0 Å². The number of unbranched alkanes of at least 4 members (excludes halogenated alkanes) is 1. The Morgan fingerprint density at radius 2 is 0.753 bits per heavy atom. The average Bonchev–Trinajstić information content (AvgIpc) is 3.65. The molecule has 4 aromatic rings. The highest BCUT2D eigenvalue weighted by atomic mass is 19.4. The number of carbonyl (C=O) groups excluding carboxylic acids is 6. The van der Waals surface area contributed by atoms with Crippen LogP contribution < -0.4 is 32.4 Å². The third-order valence-electron chi connectivity index (χ3n) is 13.2. The summed E-state index contributed by atoms with van der Waals surface area (Å²) >= 11 is 0. The number of ether oxygens (including phenoxy) is 8. The molecular formula is C61H72F6N4O14. The first kappa shape index (κ1) is 67.7. The van der Waals surface area contributed by atoms with Crippen molar-refractivity contribution in [2.45, 2.75) is 121 Å². The van der Waals surface area contributed by atoms with Crippen LogP contribution in [0.25, 0.3) is 12.2 Å². The van der Waals surface area contributed by atoms with Gasteiger partial charge in [-0.1, -0.05) is 24.3 Å². The van der Waals surface area contributed by atoms with Crippen molar-refractivity contribution in [3.63, 3.8) is 0 Å². The zero-order chi connectivity index (χ0) is 61.8. The molecule has 85 heavy (non-hydrogen) atoms. The molecule has 0 aromatic heterocycles. The monoisotopic (exact) mass is 1200 g/mol. The molecule has 2 saturated carbocycles. The maximum Gasteiger partial charge on any atom is 0.389 e. The largest absolute Gasteiger partial charge is 0.463 e. The molecule has 6 rings (SSSR count). The summed E-state index contributed by atoms with van der Waals surface area (Å²) in [7, 11) is 0. The summed E-state index contributed by atoms with van der Waals surface area (Å²) in [6, 6.07) is 22.2. The average molecular weight is 1200 g/mol. The van der Waals surface area contributed by atoms with Crippen LogP contribution in [0.1, 0.15) is 128 Å². The second kappa shape index (κ2) is 34.6. The van der Waals surface area contributed by atoms with E-state index < -0.39 is 49.1 Å². The van der Waals surface area contributed by atoms with Crippen molar-refractivity contribution >= 4 is 70.7 Å². The molecule has 0 radical (unpaired) electrons. The van der Waals surface area contributed by atoms with Crippen LogP contribution in [0, 0.1) is 11.8 Å². The molecule has 0 heterocycles. The van der Waals surface area contributed by atoms with Crippen LogP contribution in [-0.2, 0) is 47.6 Å². The maximum atomic E-state index is 12.5. The third kappa shape index (κ3) is 27.4. The minimum atomic E-state index is -4.18. The summed E-state index contributed by atoms with van der Waals surface area (Å²) < 4.78 is 116. The highest BCUT2D eigenvalue weighted by Gasteiger charge is 2.31. The summed E-state index contributed by atoms with van der Waals surface area (Å²) in [4.78, 5) is 73.1. The van der Waals surface area contributed by atoms with Gasteiger partial charge in [-0.15, -0.1) is 0 Å². The van der Waals surface area contributed by atoms with Crippen LogP contribution in [0.3, 0.4) is 0 Å². The van der Waals surface area contributed by atoms with Gasteiger partial charge >= 0.3 is 48.2 Å². The molecule has 462 valence electrons. The van der Waals surface area contributed by atoms with Gasteiger partial charge in [-0.2, -0.15) is 26.3 Å². The fourth-order valence-electron chi connectivity index (χ4n) is 8.79. The lowest BCUT2D eigenvalue weighted by molar-refractivity contribution is -0.143. The molecule has 0 atom stereocenters. The first-order valence-corrected chi connectivity index (χ1v) is 27.8. The first-order chi connectivity index (χ1) is 40.5. The molecule has 4 aromatic carbocycles. The van der Waals surface area contributed by atoms with E-state index in [1.807, 2.05) is 0 Å². The quantitative estimate of drug-likeness (QED) is 0.00821. The maximum absolute atomic E-state index is 12.5. The van der Waals surface area contributed by atoms with Crippen molar-refractivity contribution in [3.05, 3.63) is 119 Å². The van der Waals surface area contributed by atoms with Crippen molar-refractivity contribution < 1.29 is 93.0 Å². The minimum absolute atomic E-state index is 0.0469. The summed E-state index contributed by atoms with van der Waals surface area (Å²) in [5.74, 6) is -2.78. The van der Waals surface area contributed by atoms with E-state index in [9.17, 15) is 55.1 Å². The van der Waals surface area contributed by atoms with E-state index in [0.29, 0.717) is 116 Å². The SMILES string of the molecule is Nc1cc(N)cc(C(=O)OCCCCOC(=O)C=Cc2ccc(OC(=O)C3CCC(OCCCC(F)(F)F)CC3)cc2)c1.Nc1cc(N)cc(C(=O)OCCCOC(=O)C=Cc2ccc(OC(=O)C3CCC(OCCCC(F)(F)F)CC3)cc2)c1. The zero-order valence-electron chi connectivity index (χ0n) is 46.8.